The molecule has 0 spiro atoms. The van der Waals surface area contributed by atoms with Crippen molar-refractivity contribution in [3.8, 4) is 16.8 Å². The second-order valence-corrected chi connectivity index (χ2v) is 10.1. The third kappa shape index (κ3) is 2.82. The van der Waals surface area contributed by atoms with E-state index in [0.29, 0.717) is 0 Å². The van der Waals surface area contributed by atoms with Gasteiger partial charge in [-0.15, -0.1) is 0 Å². The van der Waals surface area contributed by atoms with Gasteiger partial charge in [0.15, 0.2) is 5.58 Å². The highest BCUT2D eigenvalue weighted by Crippen LogP contribution is 2.41. The molecule has 3 aromatic heterocycles. The first kappa shape index (κ1) is 20.7. The van der Waals surface area contributed by atoms with Gasteiger partial charge < -0.3 is 13.4 Å². The van der Waals surface area contributed by atoms with Crippen LogP contribution in [-0.2, 0) is 0 Å². The van der Waals surface area contributed by atoms with Crippen molar-refractivity contribution in [3.05, 3.63) is 127 Å². The molecule has 3 heteroatoms. The Hall–Kier alpha value is -5.28. The van der Waals surface area contributed by atoms with Crippen LogP contribution >= 0.6 is 0 Å². The Balaban J connectivity index is 1.30. The number of aromatic nitrogens is 1. The molecule has 9 aromatic rings. The molecule has 0 unspecified atom stereocenters. The van der Waals surface area contributed by atoms with Gasteiger partial charge in [0.1, 0.15) is 16.7 Å². The molecule has 3 nitrogen and oxygen atoms in total. The molecule has 0 aliphatic rings. The maximum absolute atomic E-state index is 6.49. The number of fused-ring (bicyclic) bond motifs is 10. The molecular formula is C36H21NO2. The van der Waals surface area contributed by atoms with Gasteiger partial charge in [0.2, 0.25) is 0 Å². The van der Waals surface area contributed by atoms with Gasteiger partial charge >= 0.3 is 0 Å². The molecule has 3 heterocycles. The molecule has 0 amide bonds. The van der Waals surface area contributed by atoms with E-state index >= 15 is 0 Å². The molecular weight excluding hydrogens is 478 g/mol. The fourth-order valence-corrected chi connectivity index (χ4v) is 6.26. The van der Waals surface area contributed by atoms with Gasteiger partial charge in [0, 0.05) is 43.6 Å². The van der Waals surface area contributed by atoms with E-state index in [-0.39, 0.29) is 0 Å². The molecule has 0 atom stereocenters. The second-order valence-electron chi connectivity index (χ2n) is 10.1. The summed E-state index contributed by atoms with van der Waals surface area (Å²) in [7, 11) is 0. The molecule has 0 saturated carbocycles. The molecule has 9 rings (SSSR count). The van der Waals surface area contributed by atoms with Gasteiger partial charge in [-0.2, -0.15) is 0 Å². The largest absolute Gasteiger partial charge is 0.455 e. The predicted molar refractivity (Wildman–Crippen MR) is 161 cm³/mol. The van der Waals surface area contributed by atoms with Crippen molar-refractivity contribution in [2.75, 3.05) is 0 Å². The second kappa shape index (κ2) is 7.62. The van der Waals surface area contributed by atoms with Crippen molar-refractivity contribution in [3.63, 3.8) is 0 Å². The number of para-hydroxylation sites is 4. The Kier molecular flexibility index (Phi) is 4.05. The maximum Gasteiger partial charge on any atom is 0.160 e. The van der Waals surface area contributed by atoms with E-state index in [2.05, 4.69) is 108 Å². The SMILES string of the molecule is c1ccc2c(c1)oc1c(-c3ccc(-n4c5ccccc5c5ccc6c7ccccc7oc6c54)cc3)cccc12. The molecule has 0 N–H and O–H groups in total. The lowest BCUT2D eigenvalue weighted by Crippen LogP contribution is -1.94. The van der Waals surface area contributed by atoms with E-state index in [9.17, 15) is 0 Å². The summed E-state index contributed by atoms with van der Waals surface area (Å²) in [6, 6.07) is 44.7. The number of benzene rings is 6. The minimum Gasteiger partial charge on any atom is -0.455 e. The lowest BCUT2D eigenvalue weighted by atomic mass is 10.0. The van der Waals surface area contributed by atoms with Crippen molar-refractivity contribution in [1.29, 1.82) is 0 Å². The monoisotopic (exact) mass is 499 g/mol. The van der Waals surface area contributed by atoms with Crippen molar-refractivity contribution in [2.24, 2.45) is 0 Å². The first-order chi connectivity index (χ1) is 19.3. The number of furan rings is 2. The summed E-state index contributed by atoms with van der Waals surface area (Å²) >= 11 is 0. The summed E-state index contributed by atoms with van der Waals surface area (Å²) in [5.74, 6) is 0. The topological polar surface area (TPSA) is 31.2 Å². The van der Waals surface area contributed by atoms with E-state index < -0.39 is 0 Å². The Morgan fingerprint density at radius 1 is 0.410 bits per heavy atom. The van der Waals surface area contributed by atoms with Crippen LogP contribution < -0.4 is 0 Å². The van der Waals surface area contributed by atoms with Gasteiger partial charge in [-0.3, -0.25) is 0 Å². The standard InChI is InChI=1S/C36H21NO2/c1-4-13-31-25(8-1)28-20-21-30-27-10-3-6-15-33(27)39-36(30)34(28)37(31)23-18-16-22(17-19-23)24-11-7-12-29-26-9-2-5-14-32(26)38-35(24)29/h1-21H. The average molecular weight is 500 g/mol. The van der Waals surface area contributed by atoms with Crippen LogP contribution in [0.1, 0.15) is 0 Å². The first-order valence-corrected chi connectivity index (χ1v) is 13.2. The number of hydrogen-bond acceptors (Lipinski definition) is 2. The molecule has 0 aliphatic carbocycles. The Morgan fingerprint density at radius 3 is 1.77 bits per heavy atom. The van der Waals surface area contributed by atoms with E-state index in [1.807, 2.05) is 24.3 Å². The van der Waals surface area contributed by atoms with Crippen molar-refractivity contribution < 1.29 is 8.83 Å². The summed E-state index contributed by atoms with van der Waals surface area (Å²) in [4.78, 5) is 0. The van der Waals surface area contributed by atoms with Crippen LogP contribution in [0.25, 0.3) is 82.5 Å². The third-order valence-electron chi connectivity index (χ3n) is 8.02. The Morgan fingerprint density at radius 2 is 1.00 bits per heavy atom. The van der Waals surface area contributed by atoms with Crippen molar-refractivity contribution in [2.45, 2.75) is 0 Å². The van der Waals surface area contributed by atoms with Crippen LogP contribution in [0.4, 0.5) is 0 Å². The fraction of sp³-hybridized carbons (Fsp3) is 0. The molecule has 0 saturated heterocycles. The Labute approximate surface area is 223 Å². The minimum atomic E-state index is 0.908. The van der Waals surface area contributed by atoms with Crippen LogP contribution in [0.15, 0.2) is 136 Å². The highest BCUT2D eigenvalue weighted by Gasteiger charge is 2.19. The van der Waals surface area contributed by atoms with Crippen LogP contribution in [0.5, 0.6) is 0 Å². The van der Waals surface area contributed by atoms with E-state index in [1.165, 1.54) is 10.8 Å². The normalized spacial score (nSPS) is 12.1. The summed E-state index contributed by atoms with van der Waals surface area (Å²) in [6.45, 7) is 0. The molecule has 0 aliphatic heterocycles. The molecule has 182 valence electrons. The minimum absolute atomic E-state index is 0.908. The summed E-state index contributed by atoms with van der Waals surface area (Å²) in [6.07, 6.45) is 0. The quantitative estimate of drug-likeness (QED) is 0.237. The predicted octanol–water partition coefficient (Wildman–Crippen LogP) is 10.2. The van der Waals surface area contributed by atoms with Crippen molar-refractivity contribution in [1.82, 2.24) is 4.57 Å². The van der Waals surface area contributed by atoms with Crippen LogP contribution in [-0.4, -0.2) is 4.57 Å². The fourth-order valence-electron chi connectivity index (χ4n) is 6.26. The molecule has 6 aromatic carbocycles. The summed E-state index contributed by atoms with van der Waals surface area (Å²) in [5.41, 5.74) is 9.23. The van der Waals surface area contributed by atoms with Crippen molar-refractivity contribution >= 4 is 65.7 Å². The third-order valence-corrected chi connectivity index (χ3v) is 8.02. The lowest BCUT2D eigenvalue weighted by molar-refractivity contribution is 0.670. The van der Waals surface area contributed by atoms with E-state index in [4.69, 9.17) is 8.83 Å². The van der Waals surface area contributed by atoms with Crippen LogP contribution in [0, 0.1) is 0 Å². The maximum atomic E-state index is 6.49. The molecule has 39 heavy (non-hydrogen) atoms. The summed E-state index contributed by atoms with van der Waals surface area (Å²) < 4.78 is 15.1. The van der Waals surface area contributed by atoms with Gasteiger partial charge in [0.25, 0.3) is 0 Å². The van der Waals surface area contributed by atoms with Crippen LogP contribution in [0.3, 0.4) is 0 Å². The lowest BCUT2D eigenvalue weighted by Gasteiger charge is -2.10. The zero-order chi connectivity index (χ0) is 25.5. The van der Waals surface area contributed by atoms with E-state index in [1.54, 1.807) is 0 Å². The molecule has 0 bridgehead atoms. The zero-order valence-electron chi connectivity index (χ0n) is 20.9. The average Bonchev–Trinajstić information content (AvgIpc) is 3.67. The Bertz CT molecular complexity index is 2380. The highest BCUT2D eigenvalue weighted by atomic mass is 16.3. The summed E-state index contributed by atoms with van der Waals surface area (Å²) in [5, 5.41) is 6.96. The van der Waals surface area contributed by atoms with Gasteiger partial charge in [-0.1, -0.05) is 91.0 Å². The highest BCUT2D eigenvalue weighted by molar-refractivity contribution is 6.21. The first-order valence-electron chi connectivity index (χ1n) is 13.2. The number of hydrogen-bond donors (Lipinski definition) is 0. The smallest absolute Gasteiger partial charge is 0.160 e. The molecule has 0 radical (unpaired) electrons. The number of rotatable bonds is 2. The number of nitrogens with zero attached hydrogens (tertiary/aromatic N) is 1. The van der Waals surface area contributed by atoms with E-state index in [0.717, 1.165) is 71.7 Å². The van der Waals surface area contributed by atoms with Gasteiger partial charge in [-0.25, -0.2) is 0 Å². The van der Waals surface area contributed by atoms with Crippen LogP contribution in [0.2, 0.25) is 0 Å². The molecule has 0 fully saturated rings. The van der Waals surface area contributed by atoms with Gasteiger partial charge in [0.05, 0.1) is 11.0 Å². The zero-order valence-corrected chi connectivity index (χ0v) is 20.9. The van der Waals surface area contributed by atoms with Gasteiger partial charge in [-0.05, 0) is 42.0 Å².